The molecule has 0 spiro atoms. The number of carbonyl (C=O) groups is 2. The third-order valence-corrected chi connectivity index (χ3v) is 4.64. The van der Waals surface area contributed by atoms with E-state index in [1.54, 1.807) is 48.5 Å². The maximum atomic E-state index is 11.9. The molecule has 7 nitrogen and oxygen atoms in total. The van der Waals surface area contributed by atoms with Gasteiger partial charge in [-0.25, -0.2) is 10.2 Å². The Hall–Kier alpha value is -3.58. The molecule has 2 aromatic carbocycles. The van der Waals surface area contributed by atoms with Crippen molar-refractivity contribution in [2.75, 3.05) is 6.61 Å². The van der Waals surface area contributed by atoms with Gasteiger partial charge in [-0.15, -0.1) is 0 Å². The Kier molecular flexibility index (Phi) is 6.54. The summed E-state index contributed by atoms with van der Waals surface area (Å²) < 4.78 is 7.20. The molecule has 1 amide bonds. The first-order chi connectivity index (χ1) is 14.4. The number of nitrogens with zero attached hydrogens (tertiary/aromatic N) is 2. The van der Waals surface area contributed by atoms with E-state index in [1.165, 1.54) is 6.21 Å². The quantitative estimate of drug-likeness (QED) is 0.442. The maximum Gasteiger partial charge on any atom is 0.337 e. The molecular weight excluding hydrogens is 406 g/mol. The lowest BCUT2D eigenvalue weighted by atomic mass is 10.1. The number of carboxylic acids is 1. The lowest BCUT2D eigenvalue weighted by Crippen LogP contribution is -2.24. The summed E-state index contributed by atoms with van der Waals surface area (Å²) in [6.07, 6.45) is 1.51. The second kappa shape index (κ2) is 9.28. The SMILES string of the molecule is Cc1cc(/C=N/NC(=O)COc2cccc(Cl)c2)c(C)n1-c1ccccc1C(=O)O. The molecule has 0 atom stereocenters. The first kappa shape index (κ1) is 21.1. The van der Waals surface area contributed by atoms with E-state index in [1.807, 2.05) is 24.5 Å². The number of carboxylic acid groups (broad SMARTS) is 1. The van der Waals surface area contributed by atoms with Crippen LogP contribution < -0.4 is 10.2 Å². The average molecular weight is 426 g/mol. The first-order valence-electron chi connectivity index (χ1n) is 9.08. The van der Waals surface area contributed by atoms with E-state index in [2.05, 4.69) is 10.5 Å². The highest BCUT2D eigenvalue weighted by atomic mass is 35.5. The predicted molar refractivity (Wildman–Crippen MR) is 115 cm³/mol. The van der Waals surface area contributed by atoms with Crippen molar-refractivity contribution in [3.8, 4) is 11.4 Å². The Morgan fingerprint density at radius 2 is 1.93 bits per heavy atom. The monoisotopic (exact) mass is 425 g/mol. The normalized spacial score (nSPS) is 10.9. The number of amides is 1. The molecule has 1 heterocycles. The molecule has 30 heavy (non-hydrogen) atoms. The number of ether oxygens (including phenoxy) is 1. The number of nitrogens with one attached hydrogen (secondary N) is 1. The van der Waals surface area contributed by atoms with Gasteiger partial charge in [-0.1, -0.05) is 29.8 Å². The van der Waals surface area contributed by atoms with Crippen LogP contribution in [0.3, 0.4) is 0 Å². The molecule has 0 unspecified atom stereocenters. The van der Waals surface area contributed by atoms with Crippen molar-refractivity contribution < 1.29 is 19.4 Å². The number of hydrazone groups is 1. The van der Waals surface area contributed by atoms with E-state index in [9.17, 15) is 14.7 Å². The van der Waals surface area contributed by atoms with Crippen molar-refractivity contribution in [3.63, 3.8) is 0 Å². The number of carbonyl (C=O) groups excluding carboxylic acids is 1. The molecule has 3 rings (SSSR count). The molecular formula is C22H20ClN3O4. The number of halogens is 1. The van der Waals surface area contributed by atoms with Crippen molar-refractivity contribution in [2.24, 2.45) is 5.10 Å². The molecule has 0 aliphatic rings. The van der Waals surface area contributed by atoms with Gasteiger partial charge < -0.3 is 14.4 Å². The van der Waals surface area contributed by atoms with Crippen LogP contribution in [0.1, 0.15) is 27.3 Å². The molecule has 154 valence electrons. The summed E-state index contributed by atoms with van der Waals surface area (Å²) in [6.45, 7) is 3.53. The fourth-order valence-corrected chi connectivity index (χ4v) is 3.23. The van der Waals surface area contributed by atoms with Crippen LogP contribution in [0.5, 0.6) is 5.75 Å². The third kappa shape index (κ3) is 4.87. The van der Waals surface area contributed by atoms with Crippen LogP contribution >= 0.6 is 11.6 Å². The molecule has 0 fully saturated rings. The average Bonchev–Trinajstić information content (AvgIpc) is 2.99. The lowest BCUT2D eigenvalue weighted by molar-refractivity contribution is -0.123. The number of aromatic nitrogens is 1. The summed E-state index contributed by atoms with van der Waals surface area (Å²) in [7, 11) is 0. The molecule has 0 radical (unpaired) electrons. The van der Waals surface area contributed by atoms with Gasteiger partial charge >= 0.3 is 5.97 Å². The number of para-hydroxylation sites is 1. The summed E-state index contributed by atoms with van der Waals surface area (Å²) in [4.78, 5) is 23.5. The van der Waals surface area contributed by atoms with Crippen molar-refractivity contribution in [3.05, 3.63) is 82.1 Å². The van der Waals surface area contributed by atoms with Crippen LogP contribution in [0.4, 0.5) is 0 Å². The van der Waals surface area contributed by atoms with Crippen LogP contribution in [-0.4, -0.2) is 34.4 Å². The van der Waals surface area contributed by atoms with E-state index in [4.69, 9.17) is 16.3 Å². The van der Waals surface area contributed by atoms with Gasteiger partial charge in [0.15, 0.2) is 6.61 Å². The smallest absolute Gasteiger partial charge is 0.337 e. The number of aryl methyl sites for hydroxylation is 1. The highest BCUT2D eigenvalue weighted by Gasteiger charge is 2.15. The van der Waals surface area contributed by atoms with Crippen LogP contribution in [0.2, 0.25) is 5.02 Å². The summed E-state index contributed by atoms with van der Waals surface area (Å²) in [5.74, 6) is -0.932. The number of aromatic carboxylic acids is 1. The summed E-state index contributed by atoms with van der Waals surface area (Å²) in [5, 5.41) is 14.0. The Morgan fingerprint density at radius 3 is 2.67 bits per heavy atom. The third-order valence-electron chi connectivity index (χ3n) is 4.40. The van der Waals surface area contributed by atoms with Gasteiger partial charge in [0.25, 0.3) is 5.91 Å². The molecule has 0 saturated carbocycles. The van der Waals surface area contributed by atoms with Gasteiger partial charge in [-0.2, -0.15) is 5.10 Å². The lowest BCUT2D eigenvalue weighted by Gasteiger charge is -2.12. The largest absolute Gasteiger partial charge is 0.484 e. The van der Waals surface area contributed by atoms with Gasteiger partial charge in [-0.05, 0) is 50.2 Å². The predicted octanol–water partition coefficient (Wildman–Crippen LogP) is 3.97. The summed E-state index contributed by atoms with van der Waals surface area (Å²) in [6, 6.07) is 15.4. The maximum absolute atomic E-state index is 11.9. The molecule has 3 aromatic rings. The Labute approximate surface area is 178 Å². The highest BCUT2D eigenvalue weighted by molar-refractivity contribution is 6.30. The van der Waals surface area contributed by atoms with Gasteiger partial charge in [0, 0.05) is 22.0 Å². The Bertz CT molecular complexity index is 1120. The topological polar surface area (TPSA) is 92.9 Å². The Balaban J connectivity index is 1.69. The standard InChI is InChI=1S/C22H20ClN3O4/c1-14-10-16(15(2)26(14)20-9-4-3-8-19(20)22(28)29)12-24-25-21(27)13-30-18-7-5-6-17(23)11-18/h3-12H,13H2,1-2H3,(H,25,27)(H,28,29)/b24-12+. The first-order valence-corrected chi connectivity index (χ1v) is 9.46. The van der Waals surface area contributed by atoms with E-state index in [0.717, 1.165) is 17.0 Å². The fraction of sp³-hybridized carbons (Fsp3) is 0.136. The van der Waals surface area contributed by atoms with Crippen molar-refractivity contribution in [1.29, 1.82) is 0 Å². The van der Waals surface area contributed by atoms with Gasteiger partial charge in [0.2, 0.25) is 0 Å². The minimum Gasteiger partial charge on any atom is -0.484 e. The zero-order valence-electron chi connectivity index (χ0n) is 16.4. The number of hydrogen-bond donors (Lipinski definition) is 2. The van der Waals surface area contributed by atoms with Crippen LogP contribution in [0, 0.1) is 13.8 Å². The number of rotatable bonds is 7. The molecule has 0 saturated heterocycles. The zero-order chi connectivity index (χ0) is 21.7. The summed E-state index contributed by atoms with van der Waals surface area (Å²) >= 11 is 5.87. The fourth-order valence-electron chi connectivity index (χ4n) is 3.05. The number of benzene rings is 2. The number of hydrogen-bond acceptors (Lipinski definition) is 4. The molecule has 8 heteroatoms. The minimum absolute atomic E-state index is 0.203. The van der Waals surface area contributed by atoms with Gasteiger partial charge in [0.05, 0.1) is 17.5 Å². The van der Waals surface area contributed by atoms with Gasteiger partial charge in [0.1, 0.15) is 5.75 Å². The highest BCUT2D eigenvalue weighted by Crippen LogP contribution is 2.23. The minimum atomic E-state index is -1.000. The molecule has 0 bridgehead atoms. The van der Waals surface area contributed by atoms with Crippen LogP contribution in [0.25, 0.3) is 5.69 Å². The molecule has 0 aliphatic carbocycles. The zero-order valence-corrected chi connectivity index (χ0v) is 17.2. The molecule has 2 N–H and O–H groups in total. The van der Waals surface area contributed by atoms with Crippen LogP contribution in [0.15, 0.2) is 59.7 Å². The van der Waals surface area contributed by atoms with Gasteiger partial charge in [-0.3, -0.25) is 4.79 Å². The Morgan fingerprint density at radius 1 is 1.17 bits per heavy atom. The van der Waals surface area contributed by atoms with Crippen LogP contribution in [-0.2, 0) is 4.79 Å². The second-order valence-corrected chi connectivity index (χ2v) is 6.96. The van der Waals surface area contributed by atoms with E-state index >= 15 is 0 Å². The van der Waals surface area contributed by atoms with Crippen molar-refractivity contribution >= 4 is 29.7 Å². The van der Waals surface area contributed by atoms with E-state index < -0.39 is 11.9 Å². The molecule has 0 aliphatic heterocycles. The van der Waals surface area contributed by atoms with Crippen molar-refractivity contribution in [1.82, 2.24) is 9.99 Å². The summed E-state index contributed by atoms with van der Waals surface area (Å²) in [5.41, 5.74) is 5.58. The second-order valence-electron chi connectivity index (χ2n) is 6.52. The van der Waals surface area contributed by atoms with E-state index in [-0.39, 0.29) is 12.2 Å². The van der Waals surface area contributed by atoms with E-state index in [0.29, 0.717) is 16.5 Å². The molecule has 1 aromatic heterocycles. The van der Waals surface area contributed by atoms with Crippen molar-refractivity contribution in [2.45, 2.75) is 13.8 Å².